The van der Waals surface area contributed by atoms with Crippen LogP contribution in [0.3, 0.4) is 0 Å². The van der Waals surface area contributed by atoms with E-state index < -0.39 is 4.92 Å². The largest absolute Gasteiger partial charge is 0.359 e. The van der Waals surface area contributed by atoms with E-state index in [1.807, 2.05) is 0 Å². The molecule has 1 fully saturated rings. The van der Waals surface area contributed by atoms with Crippen molar-refractivity contribution in [2.75, 3.05) is 5.32 Å². The van der Waals surface area contributed by atoms with Crippen molar-refractivity contribution in [3.8, 4) is 0 Å². The van der Waals surface area contributed by atoms with Crippen LogP contribution in [0, 0.1) is 10.1 Å². The van der Waals surface area contributed by atoms with E-state index in [0.717, 1.165) is 24.8 Å². The average molecular weight is 333 g/mol. The highest BCUT2D eigenvalue weighted by molar-refractivity contribution is 5.89. The second kappa shape index (κ2) is 6.42. The van der Waals surface area contributed by atoms with E-state index in [9.17, 15) is 14.9 Å². The van der Waals surface area contributed by atoms with E-state index in [4.69, 9.17) is 4.52 Å². The Kier molecular flexibility index (Phi) is 4.32. The molecule has 1 N–H and O–H groups in total. The highest BCUT2D eigenvalue weighted by Crippen LogP contribution is 2.41. The van der Waals surface area contributed by atoms with Gasteiger partial charge in [0.25, 0.3) is 0 Å². The second-order valence-electron chi connectivity index (χ2n) is 6.36. The van der Waals surface area contributed by atoms with Crippen molar-refractivity contribution in [1.29, 1.82) is 0 Å². The maximum Gasteiger partial charge on any atom is 0.306 e. The number of hydrogen-bond donors (Lipinski definition) is 1. The highest BCUT2D eigenvalue weighted by atomic mass is 16.6. The van der Waals surface area contributed by atoms with Gasteiger partial charge in [-0.2, -0.15) is 5.10 Å². The van der Waals surface area contributed by atoms with Crippen LogP contribution in [0.4, 0.5) is 11.5 Å². The van der Waals surface area contributed by atoms with Gasteiger partial charge in [-0.1, -0.05) is 24.9 Å². The van der Waals surface area contributed by atoms with Crippen LogP contribution in [-0.4, -0.2) is 25.8 Å². The number of nitrogens with zero attached hydrogens (tertiary/aromatic N) is 4. The molecule has 9 nitrogen and oxygen atoms in total. The van der Waals surface area contributed by atoms with Crippen molar-refractivity contribution < 1.29 is 14.2 Å². The Hall–Kier alpha value is -2.71. The van der Waals surface area contributed by atoms with E-state index in [2.05, 4.69) is 22.5 Å². The summed E-state index contributed by atoms with van der Waals surface area (Å²) in [6, 6.07) is 1.78. The summed E-state index contributed by atoms with van der Waals surface area (Å²) in [6.07, 6.45) is 7.07. The minimum Gasteiger partial charge on any atom is -0.359 e. The zero-order chi connectivity index (χ0) is 17.2. The second-order valence-corrected chi connectivity index (χ2v) is 6.36. The lowest BCUT2D eigenvalue weighted by molar-refractivity contribution is -0.385. The van der Waals surface area contributed by atoms with Gasteiger partial charge in [0.05, 0.1) is 4.92 Å². The van der Waals surface area contributed by atoms with Crippen LogP contribution in [0.25, 0.3) is 0 Å². The lowest BCUT2D eigenvalue weighted by Gasteiger charge is -2.18. The minimum atomic E-state index is -0.524. The van der Waals surface area contributed by atoms with Crippen LogP contribution in [0.2, 0.25) is 0 Å². The lowest BCUT2D eigenvalue weighted by Crippen LogP contribution is -2.16. The van der Waals surface area contributed by atoms with Gasteiger partial charge >= 0.3 is 5.69 Å². The van der Waals surface area contributed by atoms with Crippen LogP contribution in [0.5, 0.6) is 0 Å². The third-order valence-corrected chi connectivity index (χ3v) is 4.48. The molecule has 0 bridgehead atoms. The van der Waals surface area contributed by atoms with Crippen molar-refractivity contribution in [1.82, 2.24) is 14.9 Å². The molecule has 0 aliphatic heterocycles. The van der Waals surface area contributed by atoms with Crippen LogP contribution in [-0.2, 0) is 16.8 Å². The number of aromatic nitrogens is 3. The fourth-order valence-corrected chi connectivity index (χ4v) is 3.01. The van der Waals surface area contributed by atoms with Crippen LogP contribution < -0.4 is 5.32 Å². The summed E-state index contributed by atoms with van der Waals surface area (Å²) >= 11 is 0. The summed E-state index contributed by atoms with van der Waals surface area (Å²) in [5.41, 5.74) is -0.0920. The standard InChI is InChI=1S/C15H19N5O4/c1-15(5-2-3-6-15)12-8-13(18-24-12)17-14(21)4-7-19-10-11(9-16-19)20(22)23/h8-10H,2-7H2,1H3,(H,17,18,21). The predicted molar refractivity (Wildman–Crippen MR) is 84.5 cm³/mol. The molecule has 128 valence electrons. The van der Waals surface area contributed by atoms with Crippen LogP contribution >= 0.6 is 0 Å². The molecule has 1 aliphatic carbocycles. The van der Waals surface area contributed by atoms with E-state index >= 15 is 0 Å². The summed E-state index contributed by atoms with van der Waals surface area (Å²) in [4.78, 5) is 22.0. The number of aryl methyl sites for hydroxylation is 1. The fourth-order valence-electron chi connectivity index (χ4n) is 3.01. The van der Waals surface area contributed by atoms with E-state index in [0.29, 0.717) is 5.82 Å². The van der Waals surface area contributed by atoms with Gasteiger partial charge in [0.15, 0.2) is 5.82 Å². The molecular formula is C15H19N5O4. The number of rotatable bonds is 6. The molecule has 1 aliphatic rings. The molecule has 9 heteroatoms. The minimum absolute atomic E-state index is 0.00394. The van der Waals surface area contributed by atoms with Gasteiger partial charge in [0.1, 0.15) is 18.2 Å². The number of hydrogen-bond acceptors (Lipinski definition) is 6. The van der Waals surface area contributed by atoms with E-state index in [1.54, 1.807) is 6.07 Å². The molecule has 0 radical (unpaired) electrons. The molecule has 0 aromatic carbocycles. The quantitative estimate of drug-likeness (QED) is 0.641. The first kappa shape index (κ1) is 16.2. The Labute approximate surface area is 138 Å². The Morgan fingerprint density at radius 3 is 2.92 bits per heavy atom. The van der Waals surface area contributed by atoms with Gasteiger partial charge in [0, 0.05) is 24.4 Å². The van der Waals surface area contributed by atoms with Crippen molar-refractivity contribution in [2.45, 2.75) is 51.0 Å². The maximum atomic E-state index is 12.0. The summed E-state index contributed by atoms with van der Waals surface area (Å²) < 4.78 is 6.75. The number of nitrogens with one attached hydrogen (secondary N) is 1. The monoisotopic (exact) mass is 333 g/mol. The number of carbonyl (C=O) groups is 1. The molecule has 0 spiro atoms. The maximum absolute atomic E-state index is 12.0. The fraction of sp³-hybridized carbons (Fsp3) is 0.533. The van der Waals surface area contributed by atoms with Crippen LogP contribution in [0.15, 0.2) is 23.0 Å². The Balaban J connectivity index is 1.53. The Bertz CT molecular complexity index is 745. The molecule has 1 saturated carbocycles. The molecule has 0 atom stereocenters. The van der Waals surface area contributed by atoms with E-state index in [-0.39, 0.29) is 30.0 Å². The first-order valence-corrected chi connectivity index (χ1v) is 7.90. The zero-order valence-corrected chi connectivity index (χ0v) is 13.4. The number of carbonyl (C=O) groups excluding carboxylic acids is 1. The Morgan fingerprint density at radius 2 is 2.25 bits per heavy atom. The Morgan fingerprint density at radius 1 is 1.50 bits per heavy atom. The summed E-state index contributed by atoms with van der Waals surface area (Å²) in [6.45, 7) is 2.40. The molecule has 2 aromatic rings. The molecule has 24 heavy (non-hydrogen) atoms. The van der Waals surface area contributed by atoms with Gasteiger partial charge in [-0.25, -0.2) is 0 Å². The number of anilines is 1. The summed E-state index contributed by atoms with van der Waals surface area (Å²) in [5, 5.41) is 21.0. The number of amides is 1. The summed E-state index contributed by atoms with van der Waals surface area (Å²) in [7, 11) is 0. The lowest BCUT2D eigenvalue weighted by atomic mass is 9.86. The molecule has 0 unspecified atom stereocenters. The SMILES string of the molecule is CC1(c2cc(NC(=O)CCn3cc([N+](=O)[O-])cn3)no2)CCCC1. The normalized spacial score (nSPS) is 16.2. The third kappa shape index (κ3) is 3.44. The molecular weight excluding hydrogens is 314 g/mol. The van der Waals surface area contributed by atoms with Gasteiger partial charge in [0.2, 0.25) is 5.91 Å². The average Bonchev–Trinajstić information content (AvgIpc) is 3.25. The van der Waals surface area contributed by atoms with Crippen molar-refractivity contribution >= 4 is 17.4 Å². The first-order valence-electron chi connectivity index (χ1n) is 7.90. The topological polar surface area (TPSA) is 116 Å². The highest BCUT2D eigenvalue weighted by Gasteiger charge is 2.34. The summed E-state index contributed by atoms with van der Waals surface area (Å²) in [5.74, 6) is 0.956. The van der Waals surface area contributed by atoms with Gasteiger partial charge in [-0.3, -0.25) is 19.6 Å². The number of nitro groups is 1. The van der Waals surface area contributed by atoms with Crippen LogP contribution in [0.1, 0.15) is 44.8 Å². The molecule has 2 heterocycles. The van der Waals surface area contributed by atoms with Crippen molar-refractivity contribution in [3.63, 3.8) is 0 Å². The van der Waals surface area contributed by atoms with Gasteiger partial charge in [-0.15, -0.1) is 0 Å². The van der Waals surface area contributed by atoms with E-state index in [1.165, 1.54) is 23.7 Å². The van der Waals surface area contributed by atoms with Crippen molar-refractivity contribution in [3.05, 3.63) is 34.3 Å². The molecule has 0 saturated heterocycles. The first-order chi connectivity index (χ1) is 11.5. The van der Waals surface area contributed by atoms with Gasteiger partial charge < -0.3 is 9.84 Å². The third-order valence-electron chi connectivity index (χ3n) is 4.48. The molecule has 2 aromatic heterocycles. The van der Waals surface area contributed by atoms with Gasteiger partial charge in [-0.05, 0) is 12.8 Å². The predicted octanol–water partition coefficient (Wildman–Crippen LogP) is 2.64. The molecule has 1 amide bonds. The zero-order valence-electron chi connectivity index (χ0n) is 13.4. The van der Waals surface area contributed by atoms with Crippen molar-refractivity contribution in [2.24, 2.45) is 0 Å². The molecule has 3 rings (SSSR count). The smallest absolute Gasteiger partial charge is 0.306 e.